The fraction of sp³-hybridized carbons (Fsp3) is 0.222. The Kier molecular flexibility index (Phi) is 3.00. The number of hydrogen-bond donors (Lipinski definition) is 1. The maximum Gasteiger partial charge on any atom is 0.0814 e. The van der Waals surface area contributed by atoms with Crippen LogP contribution < -0.4 is 0 Å². The van der Waals surface area contributed by atoms with Crippen molar-refractivity contribution in [1.82, 2.24) is 0 Å². The van der Waals surface area contributed by atoms with Gasteiger partial charge in [0.05, 0.1) is 5.60 Å². The van der Waals surface area contributed by atoms with Gasteiger partial charge >= 0.3 is 0 Å². The van der Waals surface area contributed by atoms with E-state index in [4.69, 9.17) is 0 Å². The fourth-order valence-corrected chi connectivity index (χ4v) is 2.92. The summed E-state index contributed by atoms with van der Waals surface area (Å²) in [5, 5.41) is 10.4. The second-order valence-electron chi connectivity index (χ2n) is 5.49. The molecule has 0 fully saturated rings. The van der Waals surface area contributed by atoms with E-state index in [2.05, 4.69) is 36.4 Å². The highest BCUT2D eigenvalue weighted by atomic mass is 16.3. The Morgan fingerprint density at radius 2 is 1.53 bits per heavy atom. The average Bonchev–Trinajstić information content (AvgIpc) is 2.77. The number of allylic oxidation sites excluding steroid dienone is 1. The molecule has 96 valence electrons. The highest BCUT2D eigenvalue weighted by Gasteiger charge is 2.34. The van der Waals surface area contributed by atoms with Crippen molar-refractivity contribution in [3.63, 3.8) is 0 Å². The van der Waals surface area contributed by atoms with E-state index in [0.29, 0.717) is 0 Å². The first-order valence-electron chi connectivity index (χ1n) is 6.71. The standard InChI is InChI=1S/C18H18O/c1-18(19)12-16(14-8-4-2-5-9-14)17(13-18)15-10-6-3-7-11-15/h2-12,17,19H,13H2,1H3. The lowest BCUT2D eigenvalue weighted by molar-refractivity contribution is 0.108. The van der Waals surface area contributed by atoms with Crippen LogP contribution in [-0.2, 0) is 0 Å². The summed E-state index contributed by atoms with van der Waals surface area (Å²) in [6, 6.07) is 20.8. The third-order valence-electron chi connectivity index (χ3n) is 3.77. The monoisotopic (exact) mass is 250 g/mol. The van der Waals surface area contributed by atoms with Gasteiger partial charge in [0.2, 0.25) is 0 Å². The van der Waals surface area contributed by atoms with Gasteiger partial charge in [-0.05, 0) is 36.1 Å². The van der Waals surface area contributed by atoms with E-state index in [1.807, 2.05) is 37.3 Å². The first-order valence-corrected chi connectivity index (χ1v) is 6.71. The molecule has 0 saturated heterocycles. The molecule has 0 amide bonds. The van der Waals surface area contributed by atoms with Crippen molar-refractivity contribution in [3.05, 3.63) is 77.9 Å². The van der Waals surface area contributed by atoms with Gasteiger partial charge in [-0.2, -0.15) is 0 Å². The zero-order valence-corrected chi connectivity index (χ0v) is 11.1. The summed E-state index contributed by atoms with van der Waals surface area (Å²) in [6.07, 6.45) is 2.77. The molecule has 1 nitrogen and oxygen atoms in total. The molecule has 1 heteroatoms. The van der Waals surface area contributed by atoms with Crippen LogP contribution in [0.25, 0.3) is 5.57 Å². The quantitative estimate of drug-likeness (QED) is 0.854. The molecule has 0 saturated carbocycles. The van der Waals surface area contributed by atoms with Gasteiger partial charge < -0.3 is 5.11 Å². The summed E-state index contributed by atoms with van der Waals surface area (Å²) >= 11 is 0. The van der Waals surface area contributed by atoms with Gasteiger partial charge in [-0.1, -0.05) is 60.7 Å². The number of hydrogen-bond acceptors (Lipinski definition) is 1. The van der Waals surface area contributed by atoms with Crippen LogP contribution in [0.4, 0.5) is 0 Å². The third-order valence-corrected chi connectivity index (χ3v) is 3.77. The molecule has 0 aromatic heterocycles. The maximum atomic E-state index is 10.4. The number of aliphatic hydroxyl groups is 1. The number of benzene rings is 2. The van der Waals surface area contributed by atoms with Gasteiger partial charge in [0.25, 0.3) is 0 Å². The van der Waals surface area contributed by atoms with E-state index in [-0.39, 0.29) is 5.92 Å². The molecule has 3 rings (SSSR count). The van der Waals surface area contributed by atoms with Crippen molar-refractivity contribution < 1.29 is 5.11 Å². The molecule has 2 atom stereocenters. The van der Waals surface area contributed by atoms with Crippen molar-refractivity contribution in [1.29, 1.82) is 0 Å². The minimum atomic E-state index is -0.717. The maximum absolute atomic E-state index is 10.4. The molecule has 1 aliphatic rings. The first kappa shape index (κ1) is 12.2. The summed E-state index contributed by atoms with van der Waals surface area (Å²) < 4.78 is 0. The van der Waals surface area contributed by atoms with E-state index in [1.165, 1.54) is 16.7 Å². The second kappa shape index (κ2) is 4.67. The van der Waals surface area contributed by atoms with Crippen LogP contribution in [0.5, 0.6) is 0 Å². The van der Waals surface area contributed by atoms with Crippen LogP contribution in [0.15, 0.2) is 66.7 Å². The molecule has 0 spiro atoms. The molecular weight excluding hydrogens is 232 g/mol. The Morgan fingerprint density at radius 3 is 2.16 bits per heavy atom. The smallest absolute Gasteiger partial charge is 0.0814 e. The normalized spacial score (nSPS) is 26.2. The molecule has 2 unspecified atom stereocenters. The van der Waals surface area contributed by atoms with Crippen LogP contribution in [0, 0.1) is 0 Å². The SMILES string of the molecule is CC1(O)C=C(c2ccccc2)C(c2ccccc2)C1. The molecule has 0 heterocycles. The number of rotatable bonds is 2. The molecule has 0 bridgehead atoms. The van der Waals surface area contributed by atoms with Gasteiger partial charge in [-0.15, -0.1) is 0 Å². The summed E-state index contributed by atoms with van der Waals surface area (Å²) in [6.45, 7) is 1.89. The largest absolute Gasteiger partial charge is 0.386 e. The summed E-state index contributed by atoms with van der Waals surface area (Å²) in [4.78, 5) is 0. The predicted octanol–water partition coefficient (Wildman–Crippen LogP) is 4.01. The molecule has 2 aromatic rings. The summed E-state index contributed by atoms with van der Waals surface area (Å²) in [7, 11) is 0. The van der Waals surface area contributed by atoms with E-state index >= 15 is 0 Å². The molecule has 1 N–H and O–H groups in total. The van der Waals surface area contributed by atoms with Crippen molar-refractivity contribution in [3.8, 4) is 0 Å². The topological polar surface area (TPSA) is 20.2 Å². The van der Waals surface area contributed by atoms with Gasteiger partial charge in [-0.25, -0.2) is 0 Å². The lowest BCUT2D eigenvalue weighted by Gasteiger charge is -2.18. The Morgan fingerprint density at radius 1 is 0.947 bits per heavy atom. The highest BCUT2D eigenvalue weighted by molar-refractivity contribution is 5.75. The predicted molar refractivity (Wildman–Crippen MR) is 78.8 cm³/mol. The van der Waals surface area contributed by atoms with E-state index in [1.54, 1.807) is 0 Å². The van der Waals surface area contributed by atoms with Gasteiger partial charge in [0.1, 0.15) is 0 Å². The van der Waals surface area contributed by atoms with E-state index in [9.17, 15) is 5.11 Å². The van der Waals surface area contributed by atoms with Gasteiger partial charge in [0, 0.05) is 5.92 Å². The molecular formula is C18H18O. The van der Waals surface area contributed by atoms with Gasteiger partial charge in [-0.3, -0.25) is 0 Å². The van der Waals surface area contributed by atoms with E-state index in [0.717, 1.165) is 6.42 Å². The molecule has 0 aliphatic heterocycles. The van der Waals surface area contributed by atoms with Crippen LogP contribution in [-0.4, -0.2) is 10.7 Å². The van der Waals surface area contributed by atoms with Crippen LogP contribution in [0.2, 0.25) is 0 Å². The lowest BCUT2D eigenvalue weighted by atomic mass is 9.87. The minimum Gasteiger partial charge on any atom is -0.386 e. The van der Waals surface area contributed by atoms with Crippen LogP contribution in [0.1, 0.15) is 30.4 Å². The molecule has 2 aromatic carbocycles. The molecule has 19 heavy (non-hydrogen) atoms. The molecule has 1 aliphatic carbocycles. The minimum absolute atomic E-state index is 0.276. The molecule has 0 radical (unpaired) electrons. The van der Waals surface area contributed by atoms with Gasteiger partial charge in [0.15, 0.2) is 0 Å². The third kappa shape index (κ3) is 2.47. The lowest BCUT2D eigenvalue weighted by Crippen LogP contribution is -2.17. The Labute approximate surface area is 114 Å². The Bertz CT molecular complexity index is 582. The van der Waals surface area contributed by atoms with Crippen molar-refractivity contribution in [2.24, 2.45) is 0 Å². The summed E-state index contributed by atoms with van der Waals surface area (Å²) in [5.41, 5.74) is 2.99. The van der Waals surface area contributed by atoms with Crippen molar-refractivity contribution in [2.45, 2.75) is 24.9 Å². The Balaban J connectivity index is 2.04. The highest BCUT2D eigenvalue weighted by Crippen LogP contribution is 2.45. The first-order chi connectivity index (χ1) is 9.16. The average molecular weight is 250 g/mol. The van der Waals surface area contributed by atoms with Crippen molar-refractivity contribution >= 4 is 5.57 Å². The zero-order chi connectivity index (χ0) is 13.3. The van der Waals surface area contributed by atoms with Crippen molar-refractivity contribution in [2.75, 3.05) is 0 Å². The summed E-state index contributed by atoms with van der Waals surface area (Å²) in [5.74, 6) is 0.276. The van der Waals surface area contributed by atoms with Crippen LogP contribution in [0.3, 0.4) is 0 Å². The Hall–Kier alpha value is -1.86. The fourth-order valence-electron chi connectivity index (χ4n) is 2.92. The van der Waals surface area contributed by atoms with E-state index < -0.39 is 5.60 Å². The second-order valence-corrected chi connectivity index (χ2v) is 5.49. The van der Waals surface area contributed by atoms with Crippen LogP contribution >= 0.6 is 0 Å². The zero-order valence-electron chi connectivity index (χ0n) is 11.1.